The number of aliphatic hydroxyl groups is 1. The van der Waals surface area contributed by atoms with Gasteiger partial charge in [0.2, 0.25) is 0 Å². The summed E-state index contributed by atoms with van der Waals surface area (Å²) in [5, 5.41) is 9.51. The van der Waals surface area contributed by atoms with E-state index in [9.17, 15) is 14.3 Å². The van der Waals surface area contributed by atoms with E-state index in [1.165, 1.54) is 12.1 Å². The van der Waals surface area contributed by atoms with Crippen LogP contribution in [0, 0.1) is 17.7 Å². The largest absolute Gasteiger partial charge is 0.393 e. The van der Waals surface area contributed by atoms with Gasteiger partial charge in [-0.05, 0) is 61.4 Å². The van der Waals surface area contributed by atoms with Gasteiger partial charge in [0.15, 0.2) is 0 Å². The number of hydrogen-bond acceptors (Lipinski definition) is 2. The molecule has 1 aliphatic heterocycles. The van der Waals surface area contributed by atoms with E-state index in [-0.39, 0.29) is 17.8 Å². The number of carbonyl (C=O) groups excluding carboxylic acids is 1. The Morgan fingerprint density at radius 2 is 1.42 bits per heavy atom. The second-order valence-electron chi connectivity index (χ2n) is 5.86. The standard InChI is InChI=1S/C20H18FNO2.C2H6/c21-18-9-5-16(6-10-18)2-1-15-3-7-17(8-4-15)20(24)22-13-11-19(23)12-14-22;1-2/h3-10,19,23H,11-14H2;1-2H3. The Balaban J connectivity index is 0.00000117. The molecule has 26 heavy (non-hydrogen) atoms. The van der Waals surface area contributed by atoms with Gasteiger partial charge in [0.05, 0.1) is 6.10 Å². The Hall–Kier alpha value is -2.64. The molecule has 1 amide bonds. The lowest BCUT2D eigenvalue weighted by atomic mass is 10.1. The lowest BCUT2D eigenvalue weighted by Gasteiger charge is -2.29. The van der Waals surface area contributed by atoms with Crippen molar-refractivity contribution in [2.45, 2.75) is 32.8 Å². The normalized spacial score (nSPS) is 13.9. The Morgan fingerprint density at radius 1 is 0.962 bits per heavy atom. The molecule has 1 heterocycles. The zero-order valence-electron chi connectivity index (χ0n) is 15.2. The average molecular weight is 353 g/mol. The van der Waals surface area contributed by atoms with Crippen LogP contribution in [0.1, 0.15) is 48.2 Å². The fourth-order valence-corrected chi connectivity index (χ4v) is 2.63. The number of piperidine rings is 1. The first-order valence-corrected chi connectivity index (χ1v) is 8.97. The second-order valence-corrected chi connectivity index (χ2v) is 5.86. The zero-order valence-corrected chi connectivity index (χ0v) is 15.2. The van der Waals surface area contributed by atoms with Gasteiger partial charge in [-0.25, -0.2) is 4.39 Å². The number of nitrogens with zero attached hydrogens (tertiary/aromatic N) is 1. The molecule has 3 nitrogen and oxygen atoms in total. The second kappa shape index (κ2) is 9.74. The predicted molar refractivity (Wildman–Crippen MR) is 101 cm³/mol. The van der Waals surface area contributed by atoms with E-state index >= 15 is 0 Å². The maximum atomic E-state index is 12.8. The van der Waals surface area contributed by atoms with Crippen molar-refractivity contribution in [3.8, 4) is 11.8 Å². The molecule has 1 N–H and O–H groups in total. The Morgan fingerprint density at radius 3 is 1.92 bits per heavy atom. The van der Waals surface area contributed by atoms with Crippen LogP contribution in [-0.4, -0.2) is 35.1 Å². The van der Waals surface area contributed by atoms with E-state index in [1.807, 2.05) is 26.0 Å². The van der Waals surface area contributed by atoms with Gasteiger partial charge in [0, 0.05) is 29.8 Å². The third-order valence-corrected chi connectivity index (χ3v) is 4.08. The summed E-state index contributed by atoms with van der Waals surface area (Å²) in [6.07, 6.45) is 0.970. The monoisotopic (exact) mass is 353 g/mol. The smallest absolute Gasteiger partial charge is 0.253 e. The van der Waals surface area contributed by atoms with Crippen LogP contribution in [-0.2, 0) is 0 Å². The van der Waals surface area contributed by atoms with Crippen LogP contribution in [0.15, 0.2) is 48.5 Å². The van der Waals surface area contributed by atoms with Gasteiger partial charge >= 0.3 is 0 Å². The van der Waals surface area contributed by atoms with Crippen molar-refractivity contribution < 1.29 is 14.3 Å². The Kier molecular flexibility index (Phi) is 7.37. The van der Waals surface area contributed by atoms with Gasteiger partial charge in [-0.3, -0.25) is 4.79 Å². The van der Waals surface area contributed by atoms with Crippen LogP contribution in [0.2, 0.25) is 0 Å². The summed E-state index contributed by atoms with van der Waals surface area (Å²) in [7, 11) is 0. The zero-order chi connectivity index (χ0) is 18.9. The molecule has 0 atom stereocenters. The summed E-state index contributed by atoms with van der Waals surface area (Å²) in [4.78, 5) is 14.2. The topological polar surface area (TPSA) is 40.5 Å². The van der Waals surface area contributed by atoms with Crippen molar-refractivity contribution in [2.24, 2.45) is 0 Å². The number of likely N-dealkylation sites (tertiary alicyclic amines) is 1. The van der Waals surface area contributed by atoms with Crippen molar-refractivity contribution in [3.63, 3.8) is 0 Å². The third kappa shape index (κ3) is 5.44. The van der Waals surface area contributed by atoms with Crippen molar-refractivity contribution in [3.05, 3.63) is 71.0 Å². The molecule has 1 fully saturated rings. The molecular weight excluding hydrogens is 329 g/mol. The third-order valence-electron chi connectivity index (χ3n) is 4.08. The highest BCUT2D eigenvalue weighted by Crippen LogP contribution is 2.14. The number of hydrogen-bond donors (Lipinski definition) is 1. The van der Waals surface area contributed by atoms with Gasteiger partial charge < -0.3 is 10.0 Å². The fraction of sp³-hybridized carbons (Fsp3) is 0.318. The molecule has 1 aliphatic rings. The predicted octanol–water partition coefficient (Wildman–Crippen LogP) is 3.85. The maximum Gasteiger partial charge on any atom is 0.253 e. The van der Waals surface area contributed by atoms with Gasteiger partial charge in [-0.15, -0.1) is 0 Å². The number of aliphatic hydroxyl groups excluding tert-OH is 1. The van der Waals surface area contributed by atoms with Crippen LogP contribution in [0.25, 0.3) is 0 Å². The summed E-state index contributed by atoms with van der Waals surface area (Å²) in [6, 6.07) is 13.2. The number of rotatable bonds is 1. The van der Waals surface area contributed by atoms with Gasteiger partial charge in [0.25, 0.3) is 5.91 Å². The van der Waals surface area contributed by atoms with Crippen molar-refractivity contribution in [1.82, 2.24) is 4.90 Å². The summed E-state index contributed by atoms with van der Waals surface area (Å²) in [5.74, 6) is 5.67. The van der Waals surface area contributed by atoms with Crippen LogP contribution >= 0.6 is 0 Å². The average Bonchev–Trinajstić information content (AvgIpc) is 2.69. The Labute approximate surface area is 154 Å². The number of halogens is 1. The lowest BCUT2D eigenvalue weighted by molar-refractivity contribution is 0.0546. The molecule has 2 aromatic carbocycles. The van der Waals surface area contributed by atoms with Crippen molar-refractivity contribution in [1.29, 1.82) is 0 Å². The van der Waals surface area contributed by atoms with Gasteiger partial charge in [-0.2, -0.15) is 0 Å². The van der Waals surface area contributed by atoms with Crippen LogP contribution in [0.4, 0.5) is 4.39 Å². The van der Waals surface area contributed by atoms with Crippen molar-refractivity contribution >= 4 is 5.91 Å². The SMILES string of the molecule is CC.O=C(c1ccc(C#Cc2ccc(F)cc2)cc1)N1CCC(O)CC1. The van der Waals surface area contributed by atoms with Gasteiger partial charge in [-0.1, -0.05) is 25.7 Å². The quantitative estimate of drug-likeness (QED) is 0.791. The molecular formula is C22H24FNO2. The van der Waals surface area contributed by atoms with Crippen LogP contribution in [0.5, 0.6) is 0 Å². The maximum absolute atomic E-state index is 12.8. The first kappa shape index (κ1) is 19.7. The van der Waals surface area contributed by atoms with E-state index in [0.29, 0.717) is 31.5 Å². The van der Waals surface area contributed by atoms with E-state index in [0.717, 1.165) is 11.1 Å². The van der Waals surface area contributed by atoms with Crippen LogP contribution in [0.3, 0.4) is 0 Å². The summed E-state index contributed by atoms with van der Waals surface area (Å²) in [5.41, 5.74) is 2.16. The molecule has 0 unspecified atom stereocenters. The van der Waals surface area contributed by atoms with E-state index in [1.54, 1.807) is 29.2 Å². The molecule has 3 rings (SSSR count). The first-order chi connectivity index (χ1) is 12.6. The summed E-state index contributed by atoms with van der Waals surface area (Å²) < 4.78 is 12.8. The molecule has 0 aliphatic carbocycles. The van der Waals surface area contributed by atoms with E-state index in [4.69, 9.17) is 0 Å². The highest BCUT2D eigenvalue weighted by Gasteiger charge is 2.21. The van der Waals surface area contributed by atoms with E-state index < -0.39 is 0 Å². The molecule has 1 saturated heterocycles. The number of carbonyl (C=O) groups is 1. The minimum absolute atomic E-state index is 0.0139. The van der Waals surface area contributed by atoms with Crippen LogP contribution < -0.4 is 0 Å². The Bertz CT molecular complexity index is 765. The first-order valence-electron chi connectivity index (χ1n) is 8.97. The molecule has 136 valence electrons. The molecule has 0 saturated carbocycles. The minimum atomic E-state index is -0.293. The molecule has 2 aromatic rings. The molecule has 0 bridgehead atoms. The number of amides is 1. The molecule has 4 heteroatoms. The summed E-state index contributed by atoms with van der Waals surface area (Å²) in [6.45, 7) is 5.18. The summed E-state index contributed by atoms with van der Waals surface area (Å²) >= 11 is 0. The van der Waals surface area contributed by atoms with Gasteiger partial charge in [0.1, 0.15) is 5.82 Å². The van der Waals surface area contributed by atoms with Crippen molar-refractivity contribution in [2.75, 3.05) is 13.1 Å². The fourth-order valence-electron chi connectivity index (χ4n) is 2.63. The number of benzene rings is 2. The van der Waals surface area contributed by atoms with E-state index in [2.05, 4.69) is 11.8 Å². The highest BCUT2D eigenvalue weighted by atomic mass is 19.1. The highest BCUT2D eigenvalue weighted by molar-refractivity contribution is 5.94. The molecule has 0 aromatic heterocycles. The molecule has 0 spiro atoms. The molecule has 0 radical (unpaired) electrons. The minimum Gasteiger partial charge on any atom is -0.393 e. The lowest BCUT2D eigenvalue weighted by Crippen LogP contribution is -2.40.